The van der Waals surface area contributed by atoms with Crippen molar-refractivity contribution in [2.75, 3.05) is 29.1 Å². The largest absolute Gasteiger partial charge is 0.489 e. The Morgan fingerprint density at radius 2 is 1.81 bits per heavy atom. The molecule has 0 bridgehead atoms. The van der Waals surface area contributed by atoms with Gasteiger partial charge < -0.3 is 20.7 Å². The van der Waals surface area contributed by atoms with E-state index in [1.165, 1.54) is 4.90 Å². The molecule has 0 spiro atoms. The molecule has 3 aromatic rings. The van der Waals surface area contributed by atoms with E-state index in [1.807, 2.05) is 43.3 Å². The second-order valence-corrected chi connectivity index (χ2v) is 10.2. The van der Waals surface area contributed by atoms with E-state index in [1.54, 1.807) is 42.1 Å². The van der Waals surface area contributed by atoms with E-state index in [0.29, 0.717) is 17.1 Å². The summed E-state index contributed by atoms with van der Waals surface area (Å²) in [6.45, 7) is 1.68. The number of urea groups is 1. The highest BCUT2D eigenvalue weighted by atomic mass is 32.2. The van der Waals surface area contributed by atoms with Gasteiger partial charge in [-0.3, -0.25) is 14.5 Å². The first-order valence-corrected chi connectivity index (χ1v) is 13.1. The molecule has 2 atom stereocenters. The summed E-state index contributed by atoms with van der Waals surface area (Å²) in [5.41, 5.74) is 3.19. The summed E-state index contributed by atoms with van der Waals surface area (Å²) in [6.07, 6.45) is 0.810. The summed E-state index contributed by atoms with van der Waals surface area (Å²) < 4.78 is 5.87. The van der Waals surface area contributed by atoms with E-state index in [4.69, 9.17) is 4.74 Å². The Labute approximate surface area is 219 Å². The summed E-state index contributed by atoms with van der Waals surface area (Å²) >= 11 is 1.78. The standard InChI is InChI=1S/C28H28N4O4S/c1-18-7-6-8-19(15-18)29-28(35)31-22-17-36-24-11-4-3-10-23(24)32(27(22)34)16-26(33)30-21-13-14-37-25-12-5-2-9-20(21)25/h2-12,15,21-22H,13-14,16-17H2,1H3,(H,30,33)(H2,29,31,35)/t21?,22-/m1/s1. The predicted molar refractivity (Wildman–Crippen MR) is 144 cm³/mol. The minimum atomic E-state index is -0.975. The van der Waals surface area contributed by atoms with Crippen LogP contribution in [0.15, 0.2) is 77.7 Å². The number of nitrogens with one attached hydrogen (secondary N) is 3. The van der Waals surface area contributed by atoms with Crippen LogP contribution in [0.3, 0.4) is 0 Å². The number of hydrogen-bond donors (Lipinski definition) is 3. The number of hydrogen-bond acceptors (Lipinski definition) is 5. The minimum absolute atomic E-state index is 0.0531. The van der Waals surface area contributed by atoms with Crippen molar-refractivity contribution in [3.63, 3.8) is 0 Å². The average molecular weight is 517 g/mol. The number of fused-ring (bicyclic) bond motifs is 2. The van der Waals surface area contributed by atoms with E-state index >= 15 is 0 Å². The lowest BCUT2D eigenvalue weighted by molar-refractivity contribution is -0.125. The van der Waals surface area contributed by atoms with Gasteiger partial charge in [-0.1, -0.05) is 42.5 Å². The van der Waals surface area contributed by atoms with Crippen molar-refractivity contribution in [1.82, 2.24) is 10.6 Å². The van der Waals surface area contributed by atoms with Crippen molar-refractivity contribution in [2.24, 2.45) is 0 Å². The maximum absolute atomic E-state index is 13.6. The molecule has 2 aliphatic rings. The van der Waals surface area contributed by atoms with E-state index in [0.717, 1.165) is 28.2 Å². The van der Waals surface area contributed by atoms with Crippen LogP contribution in [0.5, 0.6) is 5.75 Å². The lowest BCUT2D eigenvalue weighted by atomic mass is 10.0. The summed E-state index contributed by atoms with van der Waals surface area (Å²) in [5.74, 6) is 0.689. The lowest BCUT2D eigenvalue weighted by Crippen LogP contribution is -2.53. The molecule has 0 saturated heterocycles. The quantitative estimate of drug-likeness (QED) is 0.471. The third kappa shape index (κ3) is 5.72. The smallest absolute Gasteiger partial charge is 0.320 e. The molecule has 1 unspecified atom stereocenters. The topological polar surface area (TPSA) is 99.8 Å². The molecule has 9 heteroatoms. The molecule has 0 fully saturated rings. The van der Waals surface area contributed by atoms with Gasteiger partial charge in [0.1, 0.15) is 24.9 Å². The maximum atomic E-state index is 13.6. The van der Waals surface area contributed by atoms with Gasteiger partial charge in [0, 0.05) is 16.3 Å². The molecule has 8 nitrogen and oxygen atoms in total. The summed E-state index contributed by atoms with van der Waals surface area (Å²) in [6, 6.07) is 20.9. The number of ether oxygens (including phenoxy) is 1. The highest BCUT2D eigenvalue weighted by Crippen LogP contribution is 2.36. The first-order chi connectivity index (χ1) is 18.0. The summed E-state index contributed by atoms with van der Waals surface area (Å²) in [5, 5.41) is 8.56. The van der Waals surface area contributed by atoms with Crippen molar-refractivity contribution in [3.8, 4) is 5.75 Å². The van der Waals surface area contributed by atoms with Crippen molar-refractivity contribution in [2.45, 2.75) is 30.3 Å². The van der Waals surface area contributed by atoms with Gasteiger partial charge in [-0.05, 0) is 54.8 Å². The Morgan fingerprint density at radius 3 is 2.68 bits per heavy atom. The van der Waals surface area contributed by atoms with Gasteiger partial charge in [0.05, 0.1) is 11.7 Å². The normalized spacial score (nSPS) is 18.5. The molecule has 2 aliphatic heterocycles. The number of thioether (sulfide) groups is 1. The van der Waals surface area contributed by atoms with Crippen LogP contribution in [-0.4, -0.2) is 42.8 Å². The Hall–Kier alpha value is -3.98. The van der Waals surface area contributed by atoms with Crippen LogP contribution in [0.2, 0.25) is 0 Å². The number of nitrogens with zero attached hydrogens (tertiary/aromatic N) is 1. The summed E-state index contributed by atoms with van der Waals surface area (Å²) in [7, 11) is 0. The first-order valence-electron chi connectivity index (χ1n) is 12.2. The fraction of sp³-hybridized carbons (Fsp3) is 0.250. The van der Waals surface area contributed by atoms with Crippen LogP contribution >= 0.6 is 11.8 Å². The Morgan fingerprint density at radius 1 is 1.00 bits per heavy atom. The van der Waals surface area contributed by atoms with Crippen molar-refractivity contribution in [3.05, 3.63) is 83.9 Å². The number of amides is 4. The number of carbonyl (C=O) groups is 3. The fourth-order valence-corrected chi connectivity index (χ4v) is 5.67. The van der Waals surface area contributed by atoms with Gasteiger partial charge in [0.15, 0.2) is 0 Å². The van der Waals surface area contributed by atoms with Crippen LogP contribution in [0.4, 0.5) is 16.2 Å². The molecular weight excluding hydrogens is 488 g/mol. The number of benzene rings is 3. The number of anilines is 2. The molecule has 37 heavy (non-hydrogen) atoms. The number of para-hydroxylation sites is 2. The molecule has 0 saturated carbocycles. The summed E-state index contributed by atoms with van der Waals surface area (Å²) in [4.78, 5) is 42.1. The van der Waals surface area contributed by atoms with Crippen LogP contribution in [0.1, 0.15) is 23.6 Å². The monoisotopic (exact) mass is 516 g/mol. The molecule has 0 radical (unpaired) electrons. The molecule has 0 aromatic heterocycles. The van der Waals surface area contributed by atoms with E-state index in [2.05, 4.69) is 22.0 Å². The third-order valence-electron chi connectivity index (χ3n) is 6.30. The van der Waals surface area contributed by atoms with Gasteiger partial charge in [-0.15, -0.1) is 11.8 Å². The van der Waals surface area contributed by atoms with Crippen molar-refractivity contribution >= 4 is 41.0 Å². The third-order valence-corrected chi connectivity index (χ3v) is 7.43. The van der Waals surface area contributed by atoms with Crippen LogP contribution in [0.25, 0.3) is 0 Å². The molecular formula is C28H28N4O4S. The van der Waals surface area contributed by atoms with Crippen LogP contribution in [0, 0.1) is 6.92 Å². The minimum Gasteiger partial charge on any atom is -0.489 e. The van der Waals surface area contributed by atoms with E-state index in [-0.39, 0.29) is 25.1 Å². The highest BCUT2D eigenvalue weighted by molar-refractivity contribution is 7.99. The number of rotatable bonds is 5. The molecule has 190 valence electrons. The molecule has 5 rings (SSSR count). The molecule has 2 heterocycles. The molecule has 3 N–H and O–H groups in total. The van der Waals surface area contributed by atoms with Gasteiger partial charge in [-0.2, -0.15) is 0 Å². The van der Waals surface area contributed by atoms with Gasteiger partial charge >= 0.3 is 6.03 Å². The second kappa shape index (κ2) is 11.0. The number of carbonyl (C=O) groups excluding carboxylic acids is 3. The lowest BCUT2D eigenvalue weighted by Gasteiger charge is -2.28. The average Bonchev–Trinajstić information content (AvgIpc) is 3.01. The zero-order valence-electron chi connectivity index (χ0n) is 20.4. The zero-order valence-corrected chi connectivity index (χ0v) is 21.2. The fourth-order valence-electron chi connectivity index (χ4n) is 4.54. The highest BCUT2D eigenvalue weighted by Gasteiger charge is 2.34. The van der Waals surface area contributed by atoms with E-state index < -0.39 is 18.0 Å². The maximum Gasteiger partial charge on any atom is 0.320 e. The van der Waals surface area contributed by atoms with E-state index in [9.17, 15) is 14.4 Å². The SMILES string of the molecule is Cc1cccc(NC(=O)N[C@@H]2COc3ccccc3N(CC(=O)NC3CCSc4ccccc43)C2=O)c1. The second-order valence-electron chi connectivity index (χ2n) is 9.02. The van der Waals surface area contributed by atoms with Gasteiger partial charge in [0.25, 0.3) is 5.91 Å². The van der Waals surface area contributed by atoms with Crippen molar-refractivity contribution < 1.29 is 19.1 Å². The predicted octanol–water partition coefficient (Wildman–Crippen LogP) is 4.26. The first kappa shape index (κ1) is 24.7. The van der Waals surface area contributed by atoms with Crippen LogP contribution < -0.4 is 25.6 Å². The molecule has 3 aromatic carbocycles. The zero-order chi connectivity index (χ0) is 25.8. The molecule has 0 aliphatic carbocycles. The Bertz CT molecular complexity index is 1330. The van der Waals surface area contributed by atoms with Crippen LogP contribution in [-0.2, 0) is 9.59 Å². The Kier molecular flexibility index (Phi) is 7.32. The van der Waals surface area contributed by atoms with Gasteiger partial charge in [0.2, 0.25) is 5.91 Å². The molecule has 4 amide bonds. The number of aryl methyl sites for hydroxylation is 1. The van der Waals surface area contributed by atoms with Crippen molar-refractivity contribution in [1.29, 1.82) is 0 Å². The Balaban J connectivity index is 1.31. The van der Waals surface area contributed by atoms with Gasteiger partial charge in [-0.25, -0.2) is 4.79 Å².